The van der Waals surface area contributed by atoms with Crippen LogP contribution < -0.4 is 5.32 Å². The molecule has 0 heterocycles. The van der Waals surface area contributed by atoms with Crippen molar-refractivity contribution in [3.05, 3.63) is 100 Å². The Morgan fingerprint density at radius 1 is 0.900 bits per heavy atom. The third-order valence-electron chi connectivity index (χ3n) is 5.44. The number of rotatable bonds is 7. The lowest BCUT2D eigenvalue weighted by molar-refractivity contribution is 0.0976. The number of carbonyl (C=O) groups excluding carboxylic acids is 1. The van der Waals surface area contributed by atoms with Crippen molar-refractivity contribution in [3.8, 4) is 0 Å². The van der Waals surface area contributed by atoms with Gasteiger partial charge in [-0.1, -0.05) is 87.8 Å². The molecule has 0 aromatic heterocycles. The number of halogens is 1. The number of hydrogen-bond donors (Lipinski definition) is 1. The highest BCUT2D eigenvalue weighted by atomic mass is 35.5. The molecule has 3 rings (SSSR count). The van der Waals surface area contributed by atoms with Crippen molar-refractivity contribution in [1.29, 1.82) is 0 Å². The molecule has 0 unspecified atom stereocenters. The van der Waals surface area contributed by atoms with Gasteiger partial charge in [0.25, 0.3) is 0 Å². The molecule has 3 heteroatoms. The van der Waals surface area contributed by atoms with E-state index in [1.165, 1.54) is 11.1 Å². The van der Waals surface area contributed by atoms with Crippen LogP contribution in [0.3, 0.4) is 0 Å². The average Bonchev–Trinajstić information content (AvgIpc) is 2.74. The Kier molecular flexibility index (Phi) is 6.99. The molecular weight excluding hydrogens is 390 g/mol. The predicted molar refractivity (Wildman–Crippen MR) is 128 cm³/mol. The fourth-order valence-corrected chi connectivity index (χ4v) is 3.57. The lowest BCUT2D eigenvalue weighted by Gasteiger charge is -2.21. The zero-order valence-electron chi connectivity index (χ0n) is 18.2. The van der Waals surface area contributed by atoms with Gasteiger partial charge in [-0.15, -0.1) is 0 Å². The van der Waals surface area contributed by atoms with Crippen molar-refractivity contribution in [2.75, 3.05) is 5.32 Å². The van der Waals surface area contributed by atoms with Gasteiger partial charge in [-0.2, -0.15) is 0 Å². The van der Waals surface area contributed by atoms with Crippen molar-refractivity contribution >= 4 is 23.1 Å². The summed E-state index contributed by atoms with van der Waals surface area (Å²) in [6.07, 6.45) is 1.37. The largest absolute Gasteiger partial charge is 0.378 e. The average molecular weight is 420 g/mol. The number of carbonyl (C=O) groups is 1. The fourth-order valence-electron chi connectivity index (χ4n) is 3.44. The van der Waals surface area contributed by atoms with E-state index in [9.17, 15) is 4.79 Å². The van der Waals surface area contributed by atoms with E-state index in [1.54, 1.807) is 0 Å². The van der Waals surface area contributed by atoms with Crippen LogP contribution in [-0.4, -0.2) is 5.78 Å². The molecule has 2 nitrogen and oxygen atoms in total. The number of nitrogens with one attached hydrogen (secondary N) is 1. The van der Waals surface area contributed by atoms with E-state index < -0.39 is 0 Å². The Hall–Kier alpha value is -2.58. The van der Waals surface area contributed by atoms with Gasteiger partial charge in [0.1, 0.15) is 0 Å². The van der Waals surface area contributed by atoms with Crippen molar-refractivity contribution in [3.63, 3.8) is 0 Å². The summed E-state index contributed by atoms with van der Waals surface area (Å²) < 4.78 is 0. The molecule has 1 atom stereocenters. The van der Waals surface area contributed by atoms with Crippen LogP contribution in [0.1, 0.15) is 67.2 Å². The summed E-state index contributed by atoms with van der Waals surface area (Å²) in [5.41, 5.74) is 5.37. The molecule has 30 heavy (non-hydrogen) atoms. The van der Waals surface area contributed by atoms with Crippen LogP contribution in [0.5, 0.6) is 0 Å². The minimum Gasteiger partial charge on any atom is -0.378 e. The number of Topliss-reactive ketones (excluding diaryl/α,β-unsaturated/α-hetero) is 1. The number of aryl methyl sites for hydroxylation is 1. The second-order valence-electron chi connectivity index (χ2n) is 8.75. The van der Waals surface area contributed by atoms with Crippen molar-refractivity contribution in [1.82, 2.24) is 0 Å². The first kappa shape index (κ1) is 22.1. The number of hydrogen-bond acceptors (Lipinski definition) is 2. The predicted octanol–water partition coefficient (Wildman–Crippen LogP) is 7.63. The third kappa shape index (κ3) is 5.73. The molecule has 0 aliphatic heterocycles. The molecule has 156 valence electrons. The maximum absolute atomic E-state index is 13.1. The minimum atomic E-state index is -0.135. The molecule has 0 saturated carbocycles. The van der Waals surface area contributed by atoms with E-state index in [-0.39, 0.29) is 17.2 Å². The summed E-state index contributed by atoms with van der Waals surface area (Å²) >= 11 is 6.08. The van der Waals surface area contributed by atoms with Crippen molar-refractivity contribution in [2.24, 2.45) is 0 Å². The molecule has 0 saturated heterocycles. The maximum atomic E-state index is 13.1. The highest BCUT2D eigenvalue weighted by Crippen LogP contribution is 2.27. The summed E-state index contributed by atoms with van der Waals surface area (Å²) in [6, 6.07) is 24.0. The van der Waals surface area contributed by atoms with Gasteiger partial charge >= 0.3 is 0 Å². The maximum Gasteiger partial charge on any atom is 0.165 e. The van der Waals surface area contributed by atoms with Gasteiger partial charge in [0.2, 0.25) is 0 Å². The lowest BCUT2D eigenvalue weighted by atomic mass is 9.86. The molecule has 1 N–H and O–H groups in total. The van der Waals surface area contributed by atoms with E-state index in [0.717, 1.165) is 23.2 Å². The van der Waals surface area contributed by atoms with Crippen LogP contribution in [0.2, 0.25) is 5.02 Å². The second kappa shape index (κ2) is 9.49. The Bertz CT molecular complexity index is 967. The van der Waals surface area contributed by atoms with Crippen molar-refractivity contribution < 1.29 is 4.79 Å². The Morgan fingerprint density at radius 2 is 1.50 bits per heavy atom. The van der Waals surface area contributed by atoms with Gasteiger partial charge < -0.3 is 5.32 Å². The van der Waals surface area contributed by atoms with E-state index in [1.807, 2.05) is 36.4 Å². The number of benzene rings is 3. The normalized spacial score (nSPS) is 12.4. The van der Waals surface area contributed by atoms with Crippen LogP contribution in [0.15, 0.2) is 72.8 Å². The van der Waals surface area contributed by atoms with Crippen LogP contribution >= 0.6 is 11.6 Å². The summed E-state index contributed by atoms with van der Waals surface area (Å²) in [6.45, 7) is 8.67. The molecule has 0 spiro atoms. The molecule has 3 aromatic carbocycles. The van der Waals surface area contributed by atoms with Gasteiger partial charge in [-0.05, 0) is 52.8 Å². The number of ketones is 1. The topological polar surface area (TPSA) is 29.1 Å². The molecule has 0 amide bonds. The van der Waals surface area contributed by atoms with Crippen LogP contribution in [0, 0.1) is 0 Å². The van der Waals surface area contributed by atoms with Gasteiger partial charge in [-0.25, -0.2) is 0 Å². The molecule has 0 radical (unpaired) electrons. The summed E-state index contributed by atoms with van der Waals surface area (Å²) in [5.74, 6) is 0.119. The summed E-state index contributed by atoms with van der Waals surface area (Å²) in [5, 5.41) is 4.23. The van der Waals surface area contributed by atoms with Gasteiger partial charge in [-0.3, -0.25) is 4.79 Å². The molecule has 3 aromatic rings. The SMILES string of the molecule is CCc1ccc(N[C@@H](CC(=O)c2ccc(C(C)(C)C)cc2)c2ccc(Cl)cc2)cc1. The summed E-state index contributed by atoms with van der Waals surface area (Å²) in [4.78, 5) is 13.1. The number of anilines is 1. The van der Waals surface area contributed by atoms with E-state index in [2.05, 4.69) is 69.4 Å². The minimum absolute atomic E-state index is 0.0691. The Labute approximate surface area is 185 Å². The standard InChI is InChI=1S/C27H30ClNO/c1-5-19-6-16-24(17-7-19)29-25(20-10-14-23(28)15-11-20)18-26(30)21-8-12-22(13-9-21)27(2,3)4/h6-17,25,29H,5,18H2,1-4H3/t25-/m0/s1. The fraction of sp³-hybridized carbons (Fsp3) is 0.296. The molecule has 0 fully saturated rings. The first-order chi connectivity index (χ1) is 14.3. The second-order valence-corrected chi connectivity index (χ2v) is 9.19. The van der Waals surface area contributed by atoms with Gasteiger partial charge in [0.05, 0.1) is 6.04 Å². The van der Waals surface area contributed by atoms with Gasteiger partial charge in [0.15, 0.2) is 5.78 Å². The first-order valence-electron chi connectivity index (χ1n) is 10.5. The van der Waals surface area contributed by atoms with E-state index >= 15 is 0 Å². The smallest absolute Gasteiger partial charge is 0.165 e. The third-order valence-corrected chi connectivity index (χ3v) is 5.69. The quantitative estimate of drug-likeness (QED) is 0.399. The Balaban J connectivity index is 1.82. The van der Waals surface area contributed by atoms with E-state index in [4.69, 9.17) is 11.6 Å². The van der Waals surface area contributed by atoms with Crippen LogP contribution in [0.25, 0.3) is 0 Å². The van der Waals surface area contributed by atoms with Crippen LogP contribution in [-0.2, 0) is 11.8 Å². The monoisotopic (exact) mass is 419 g/mol. The highest BCUT2D eigenvalue weighted by Gasteiger charge is 2.19. The lowest BCUT2D eigenvalue weighted by Crippen LogP contribution is -2.16. The van der Waals surface area contributed by atoms with Crippen LogP contribution in [0.4, 0.5) is 5.69 Å². The molecule has 0 aliphatic carbocycles. The molecule has 0 aliphatic rings. The van der Waals surface area contributed by atoms with Crippen molar-refractivity contribution in [2.45, 2.75) is 52.0 Å². The first-order valence-corrected chi connectivity index (χ1v) is 10.9. The summed E-state index contributed by atoms with van der Waals surface area (Å²) in [7, 11) is 0. The van der Waals surface area contributed by atoms with E-state index in [0.29, 0.717) is 11.4 Å². The molecular formula is C27H30ClNO. The Morgan fingerprint density at radius 3 is 2.03 bits per heavy atom. The molecule has 0 bridgehead atoms. The zero-order chi connectivity index (χ0) is 21.7. The zero-order valence-corrected chi connectivity index (χ0v) is 19.0. The highest BCUT2D eigenvalue weighted by molar-refractivity contribution is 6.30. The van der Waals surface area contributed by atoms with Gasteiger partial charge in [0, 0.05) is 22.7 Å².